The summed E-state index contributed by atoms with van der Waals surface area (Å²) in [6.07, 6.45) is -4.62. The van der Waals surface area contributed by atoms with E-state index < -0.39 is 26.7 Å². The maximum absolute atomic E-state index is 12.9. The molecule has 29 heavy (non-hydrogen) atoms. The van der Waals surface area contributed by atoms with Gasteiger partial charge in [-0.2, -0.15) is 22.5 Å². The number of benzene rings is 2. The van der Waals surface area contributed by atoms with Gasteiger partial charge in [0.05, 0.1) is 16.4 Å². The molecule has 2 heterocycles. The van der Waals surface area contributed by atoms with Crippen molar-refractivity contribution in [3.8, 4) is 11.4 Å². The van der Waals surface area contributed by atoms with E-state index in [2.05, 4.69) is 10.1 Å². The Kier molecular flexibility index (Phi) is 4.88. The lowest BCUT2D eigenvalue weighted by Gasteiger charge is -2.35. The van der Waals surface area contributed by atoms with E-state index in [0.717, 1.165) is 22.5 Å². The first-order valence-electron chi connectivity index (χ1n) is 8.41. The summed E-state index contributed by atoms with van der Waals surface area (Å²) < 4.78 is 70.1. The molecule has 1 fully saturated rings. The quantitative estimate of drug-likeness (QED) is 0.604. The normalized spacial score (nSPS) is 16.0. The van der Waals surface area contributed by atoms with Crippen LogP contribution in [0.5, 0.6) is 0 Å². The van der Waals surface area contributed by atoms with Crippen LogP contribution in [0.15, 0.2) is 57.9 Å². The highest BCUT2D eigenvalue weighted by Crippen LogP contribution is 2.35. The van der Waals surface area contributed by atoms with Gasteiger partial charge in [0.15, 0.2) is 0 Å². The largest absolute Gasteiger partial charge is 0.416 e. The number of aromatic nitrogens is 2. The minimum atomic E-state index is -4.62. The van der Waals surface area contributed by atoms with E-state index in [-0.39, 0.29) is 24.9 Å². The SMILES string of the molecule is O=S(=O)(c1cccc(C(F)(F)F)c1)N1CC(c2nc(-c3cccc(Cl)c3)no2)C1. The summed E-state index contributed by atoms with van der Waals surface area (Å²) in [4.78, 5) is 3.87. The number of hydrogen-bond acceptors (Lipinski definition) is 5. The third-order valence-electron chi connectivity index (χ3n) is 4.52. The van der Waals surface area contributed by atoms with Crippen LogP contribution in [0.2, 0.25) is 5.02 Å². The fourth-order valence-electron chi connectivity index (χ4n) is 2.92. The molecule has 0 spiro atoms. The van der Waals surface area contributed by atoms with Crippen LogP contribution in [0.4, 0.5) is 13.2 Å². The minimum absolute atomic E-state index is 0.0375. The summed E-state index contributed by atoms with van der Waals surface area (Å²) in [6.45, 7) is 0.0749. The molecule has 0 radical (unpaired) electrons. The van der Waals surface area contributed by atoms with Gasteiger partial charge in [0.1, 0.15) is 0 Å². The van der Waals surface area contributed by atoms with Crippen molar-refractivity contribution in [1.29, 1.82) is 0 Å². The van der Waals surface area contributed by atoms with Gasteiger partial charge in [-0.1, -0.05) is 35.0 Å². The molecule has 0 amide bonds. The predicted octanol–water partition coefficient (Wildman–Crippen LogP) is 4.20. The predicted molar refractivity (Wildman–Crippen MR) is 97.7 cm³/mol. The Bertz CT molecular complexity index is 1160. The Balaban J connectivity index is 1.49. The summed E-state index contributed by atoms with van der Waals surface area (Å²) in [5.41, 5.74) is -0.362. The number of alkyl halides is 3. The Morgan fingerprint density at radius 3 is 2.52 bits per heavy atom. The van der Waals surface area contributed by atoms with Gasteiger partial charge in [-0.25, -0.2) is 8.42 Å². The fourth-order valence-corrected chi connectivity index (χ4v) is 4.69. The van der Waals surface area contributed by atoms with Crippen molar-refractivity contribution in [2.75, 3.05) is 13.1 Å². The van der Waals surface area contributed by atoms with Crippen molar-refractivity contribution in [3.05, 3.63) is 65.0 Å². The van der Waals surface area contributed by atoms with Crippen LogP contribution < -0.4 is 0 Å². The van der Waals surface area contributed by atoms with Crippen molar-refractivity contribution in [1.82, 2.24) is 14.4 Å². The Morgan fingerprint density at radius 1 is 1.10 bits per heavy atom. The van der Waals surface area contributed by atoms with E-state index in [1.807, 2.05) is 0 Å². The molecule has 1 saturated heterocycles. The zero-order valence-corrected chi connectivity index (χ0v) is 16.2. The first-order chi connectivity index (χ1) is 13.6. The van der Waals surface area contributed by atoms with Gasteiger partial charge in [-0.15, -0.1) is 0 Å². The molecule has 0 N–H and O–H groups in total. The monoisotopic (exact) mass is 443 g/mol. The lowest BCUT2D eigenvalue weighted by Crippen LogP contribution is -2.48. The van der Waals surface area contributed by atoms with E-state index >= 15 is 0 Å². The van der Waals surface area contributed by atoms with Crippen molar-refractivity contribution >= 4 is 21.6 Å². The third kappa shape index (κ3) is 3.87. The van der Waals surface area contributed by atoms with Gasteiger partial charge in [0.25, 0.3) is 0 Å². The van der Waals surface area contributed by atoms with Gasteiger partial charge >= 0.3 is 6.18 Å². The first kappa shape index (κ1) is 19.9. The minimum Gasteiger partial charge on any atom is -0.339 e. The third-order valence-corrected chi connectivity index (χ3v) is 6.58. The molecule has 1 aliphatic heterocycles. The maximum Gasteiger partial charge on any atom is 0.416 e. The average Bonchev–Trinajstić information content (AvgIpc) is 3.09. The molecule has 1 aromatic heterocycles. The lowest BCUT2D eigenvalue weighted by molar-refractivity contribution is -0.137. The van der Waals surface area contributed by atoms with Crippen LogP contribution in [0.3, 0.4) is 0 Å². The van der Waals surface area contributed by atoms with E-state index in [1.54, 1.807) is 24.3 Å². The number of rotatable bonds is 4. The van der Waals surface area contributed by atoms with Crippen molar-refractivity contribution < 1.29 is 26.1 Å². The second-order valence-corrected chi connectivity index (χ2v) is 8.89. The summed E-state index contributed by atoms with van der Waals surface area (Å²) in [6, 6.07) is 10.5. The highest BCUT2D eigenvalue weighted by molar-refractivity contribution is 7.89. The second kappa shape index (κ2) is 7.12. The second-order valence-electron chi connectivity index (χ2n) is 6.51. The van der Waals surface area contributed by atoms with Crippen LogP contribution in [0.25, 0.3) is 11.4 Å². The van der Waals surface area contributed by atoms with E-state index in [4.69, 9.17) is 16.1 Å². The Labute approximate surface area is 169 Å². The summed E-state index contributed by atoms with van der Waals surface area (Å²) in [5, 5.41) is 4.39. The van der Waals surface area contributed by atoms with Crippen LogP contribution in [0, 0.1) is 0 Å². The van der Waals surface area contributed by atoms with Crippen molar-refractivity contribution in [2.45, 2.75) is 17.0 Å². The molecule has 0 atom stereocenters. The molecule has 11 heteroatoms. The van der Waals surface area contributed by atoms with Gasteiger partial charge < -0.3 is 4.52 Å². The lowest BCUT2D eigenvalue weighted by atomic mass is 10.0. The Hall–Kier alpha value is -2.43. The molecule has 0 unspecified atom stereocenters. The molecular formula is C18H13ClF3N3O3S. The van der Waals surface area contributed by atoms with Crippen LogP contribution in [0.1, 0.15) is 17.4 Å². The molecule has 0 bridgehead atoms. The summed E-state index contributed by atoms with van der Waals surface area (Å²) in [7, 11) is -4.05. The first-order valence-corrected chi connectivity index (χ1v) is 10.2. The van der Waals surface area contributed by atoms with Gasteiger partial charge in [0.2, 0.25) is 21.7 Å². The molecule has 1 aliphatic rings. The molecule has 4 rings (SSSR count). The number of nitrogens with zero attached hydrogens (tertiary/aromatic N) is 3. The van der Waals surface area contributed by atoms with Crippen LogP contribution in [-0.2, 0) is 16.2 Å². The van der Waals surface area contributed by atoms with Gasteiger partial charge in [-0.05, 0) is 30.3 Å². The van der Waals surface area contributed by atoms with Crippen LogP contribution >= 0.6 is 11.6 Å². The molecule has 2 aromatic carbocycles. The highest BCUT2D eigenvalue weighted by Gasteiger charge is 2.41. The molecule has 0 aliphatic carbocycles. The molecule has 6 nitrogen and oxygen atoms in total. The topological polar surface area (TPSA) is 76.3 Å². The number of sulfonamides is 1. The highest BCUT2D eigenvalue weighted by atomic mass is 35.5. The molecular weight excluding hydrogens is 431 g/mol. The zero-order chi connectivity index (χ0) is 20.8. The smallest absolute Gasteiger partial charge is 0.339 e. The molecule has 152 valence electrons. The van der Waals surface area contributed by atoms with Crippen LogP contribution in [-0.4, -0.2) is 36.0 Å². The molecule has 3 aromatic rings. The maximum atomic E-state index is 12.9. The van der Waals surface area contributed by atoms with Gasteiger partial charge in [0, 0.05) is 23.7 Å². The fraction of sp³-hybridized carbons (Fsp3) is 0.222. The van der Waals surface area contributed by atoms with Crippen molar-refractivity contribution in [2.24, 2.45) is 0 Å². The standard InChI is InChI=1S/C18H13ClF3N3O3S/c19-14-5-1-3-11(7-14)16-23-17(28-24-16)12-9-25(10-12)29(26,27)15-6-2-4-13(8-15)18(20,21)22/h1-8,12H,9-10H2. The van der Waals surface area contributed by atoms with Crippen molar-refractivity contribution in [3.63, 3.8) is 0 Å². The van der Waals surface area contributed by atoms with E-state index in [0.29, 0.717) is 22.5 Å². The van der Waals surface area contributed by atoms with E-state index in [1.165, 1.54) is 0 Å². The molecule has 0 saturated carbocycles. The van der Waals surface area contributed by atoms with Gasteiger partial charge in [-0.3, -0.25) is 0 Å². The summed E-state index contributed by atoms with van der Waals surface area (Å²) >= 11 is 5.94. The van der Waals surface area contributed by atoms with E-state index in [9.17, 15) is 21.6 Å². The average molecular weight is 444 g/mol. The zero-order valence-electron chi connectivity index (χ0n) is 14.6. The Morgan fingerprint density at radius 2 is 1.83 bits per heavy atom. The summed E-state index contributed by atoms with van der Waals surface area (Å²) in [5.74, 6) is 0.244. The number of hydrogen-bond donors (Lipinski definition) is 0. The number of halogens is 4.